The summed E-state index contributed by atoms with van der Waals surface area (Å²) in [6, 6.07) is 15.6. The van der Waals surface area contributed by atoms with Crippen molar-refractivity contribution in [2.45, 2.75) is 13.5 Å². The molecule has 0 heterocycles. The number of rotatable bonds is 5. The SMILES string of the molecule is C=C(C)C(=O)OCc1ccc(C(=O)Oc2ccccc2)cc1. The second kappa shape index (κ2) is 7.22. The zero-order chi connectivity index (χ0) is 15.9. The molecule has 0 N–H and O–H groups in total. The third-order valence-corrected chi connectivity index (χ3v) is 2.86. The molecule has 0 radical (unpaired) electrons. The van der Waals surface area contributed by atoms with Crippen LogP contribution in [-0.4, -0.2) is 11.9 Å². The van der Waals surface area contributed by atoms with E-state index in [-0.39, 0.29) is 6.61 Å². The van der Waals surface area contributed by atoms with E-state index in [1.807, 2.05) is 6.07 Å². The van der Waals surface area contributed by atoms with Gasteiger partial charge in [-0.25, -0.2) is 9.59 Å². The van der Waals surface area contributed by atoms with Gasteiger partial charge < -0.3 is 9.47 Å². The molecule has 0 saturated heterocycles. The van der Waals surface area contributed by atoms with Gasteiger partial charge in [0.25, 0.3) is 0 Å². The quantitative estimate of drug-likeness (QED) is 0.481. The van der Waals surface area contributed by atoms with E-state index in [1.165, 1.54) is 0 Å². The van der Waals surface area contributed by atoms with Gasteiger partial charge in [-0.05, 0) is 36.8 Å². The molecule has 112 valence electrons. The lowest BCUT2D eigenvalue weighted by atomic mass is 10.1. The summed E-state index contributed by atoms with van der Waals surface area (Å²) in [7, 11) is 0. The van der Waals surface area contributed by atoms with E-state index in [4.69, 9.17) is 9.47 Å². The Kier molecular flexibility index (Phi) is 5.09. The van der Waals surface area contributed by atoms with Crippen LogP contribution >= 0.6 is 0 Å². The number of para-hydroxylation sites is 1. The second-order valence-corrected chi connectivity index (χ2v) is 4.76. The van der Waals surface area contributed by atoms with Crippen molar-refractivity contribution in [2.24, 2.45) is 0 Å². The van der Waals surface area contributed by atoms with Crippen molar-refractivity contribution in [1.29, 1.82) is 0 Å². The van der Waals surface area contributed by atoms with Crippen molar-refractivity contribution in [1.82, 2.24) is 0 Å². The van der Waals surface area contributed by atoms with E-state index in [0.29, 0.717) is 16.9 Å². The van der Waals surface area contributed by atoms with Crippen LogP contribution in [0.4, 0.5) is 0 Å². The molecular formula is C18H16O4. The Balaban J connectivity index is 1.95. The number of hydrogen-bond donors (Lipinski definition) is 0. The lowest BCUT2D eigenvalue weighted by Crippen LogP contribution is -2.09. The van der Waals surface area contributed by atoms with Gasteiger partial charge in [0.15, 0.2) is 0 Å². The van der Waals surface area contributed by atoms with E-state index < -0.39 is 11.9 Å². The Morgan fingerprint density at radius 2 is 1.64 bits per heavy atom. The van der Waals surface area contributed by atoms with E-state index >= 15 is 0 Å². The zero-order valence-electron chi connectivity index (χ0n) is 12.2. The van der Waals surface area contributed by atoms with Crippen molar-refractivity contribution in [3.05, 3.63) is 77.9 Å². The van der Waals surface area contributed by atoms with E-state index in [2.05, 4.69) is 6.58 Å². The van der Waals surface area contributed by atoms with Gasteiger partial charge in [-0.15, -0.1) is 0 Å². The summed E-state index contributed by atoms with van der Waals surface area (Å²) in [4.78, 5) is 23.3. The van der Waals surface area contributed by atoms with Crippen LogP contribution in [-0.2, 0) is 16.1 Å². The van der Waals surface area contributed by atoms with Crippen LogP contribution in [0.5, 0.6) is 5.75 Å². The molecule has 0 aromatic heterocycles. The largest absolute Gasteiger partial charge is 0.457 e. The standard InChI is InChI=1S/C18H16O4/c1-13(2)17(19)21-12-14-8-10-15(11-9-14)18(20)22-16-6-4-3-5-7-16/h3-11H,1,12H2,2H3. The Hall–Kier alpha value is -2.88. The molecule has 0 amide bonds. The predicted molar refractivity (Wildman–Crippen MR) is 82.5 cm³/mol. The lowest BCUT2D eigenvalue weighted by molar-refractivity contribution is -0.140. The van der Waals surface area contributed by atoms with Crippen LogP contribution < -0.4 is 4.74 Å². The van der Waals surface area contributed by atoms with Crippen LogP contribution in [0.2, 0.25) is 0 Å². The Morgan fingerprint density at radius 3 is 2.23 bits per heavy atom. The molecule has 22 heavy (non-hydrogen) atoms. The second-order valence-electron chi connectivity index (χ2n) is 4.76. The molecule has 2 rings (SSSR count). The van der Waals surface area contributed by atoms with E-state index in [9.17, 15) is 9.59 Å². The summed E-state index contributed by atoms with van der Waals surface area (Å²) in [5, 5.41) is 0. The summed E-state index contributed by atoms with van der Waals surface area (Å²) in [5.74, 6) is -0.379. The first kappa shape index (κ1) is 15.5. The Labute approximate surface area is 129 Å². The van der Waals surface area contributed by atoms with Crippen LogP contribution in [0.25, 0.3) is 0 Å². The number of benzene rings is 2. The zero-order valence-corrected chi connectivity index (χ0v) is 12.2. The average Bonchev–Trinajstić information content (AvgIpc) is 2.54. The number of carbonyl (C=O) groups excluding carboxylic acids is 2. The van der Waals surface area contributed by atoms with Crippen molar-refractivity contribution in [3.8, 4) is 5.75 Å². The molecule has 4 nitrogen and oxygen atoms in total. The predicted octanol–water partition coefficient (Wildman–Crippen LogP) is 3.53. The molecule has 0 saturated carbocycles. The maximum atomic E-state index is 12.0. The third kappa shape index (κ3) is 4.31. The molecule has 0 fully saturated rings. The first-order valence-electron chi connectivity index (χ1n) is 6.75. The molecule has 0 aliphatic heterocycles. The summed E-state index contributed by atoms with van der Waals surface area (Å²) >= 11 is 0. The van der Waals surface area contributed by atoms with Crippen LogP contribution in [0.15, 0.2) is 66.7 Å². The number of hydrogen-bond acceptors (Lipinski definition) is 4. The van der Waals surface area contributed by atoms with Gasteiger partial charge in [0.2, 0.25) is 0 Å². The minimum absolute atomic E-state index is 0.139. The fourth-order valence-electron chi connectivity index (χ4n) is 1.66. The third-order valence-electron chi connectivity index (χ3n) is 2.86. The normalized spacial score (nSPS) is 9.86. The fraction of sp³-hybridized carbons (Fsp3) is 0.111. The molecular weight excluding hydrogens is 280 g/mol. The van der Waals surface area contributed by atoms with E-state index in [0.717, 1.165) is 5.56 Å². The van der Waals surface area contributed by atoms with Crippen molar-refractivity contribution < 1.29 is 19.1 Å². The fourth-order valence-corrected chi connectivity index (χ4v) is 1.66. The van der Waals surface area contributed by atoms with Gasteiger partial charge >= 0.3 is 11.9 Å². The molecule has 4 heteroatoms. The highest BCUT2D eigenvalue weighted by Gasteiger charge is 2.09. The monoisotopic (exact) mass is 296 g/mol. The van der Waals surface area contributed by atoms with Crippen molar-refractivity contribution in [2.75, 3.05) is 0 Å². The minimum Gasteiger partial charge on any atom is -0.457 e. The van der Waals surface area contributed by atoms with Gasteiger partial charge in [-0.2, -0.15) is 0 Å². The molecule has 2 aromatic carbocycles. The molecule has 0 bridgehead atoms. The lowest BCUT2D eigenvalue weighted by Gasteiger charge is -2.06. The highest BCUT2D eigenvalue weighted by Crippen LogP contribution is 2.13. The van der Waals surface area contributed by atoms with Crippen molar-refractivity contribution >= 4 is 11.9 Å². The minimum atomic E-state index is -0.437. The molecule has 0 atom stereocenters. The average molecular weight is 296 g/mol. The summed E-state index contributed by atoms with van der Waals surface area (Å²) in [6.07, 6.45) is 0. The van der Waals surface area contributed by atoms with Gasteiger partial charge in [-0.1, -0.05) is 36.9 Å². The molecule has 2 aromatic rings. The molecule has 0 aliphatic carbocycles. The summed E-state index contributed by atoms with van der Waals surface area (Å²) in [6.45, 7) is 5.24. The summed E-state index contributed by atoms with van der Waals surface area (Å²) in [5.41, 5.74) is 1.56. The Bertz CT molecular complexity index is 672. The van der Waals surface area contributed by atoms with Crippen LogP contribution in [0.1, 0.15) is 22.8 Å². The van der Waals surface area contributed by atoms with Crippen molar-refractivity contribution in [3.63, 3.8) is 0 Å². The van der Waals surface area contributed by atoms with Gasteiger partial charge in [0.1, 0.15) is 12.4 Å². The smallest absolute Gasteiger partial charge is 0.343 e. The highest BCUT2D eigenvalue weighted by atomic mass is 16.5. The van der Waals surface area contributed by atoms with Crippen LogP contribution in [0, 0.1) is 0 Å². The molecule has 0 unspecified atom stereocenters. The number of esters is 2. The Morgan fingerprint density at radius 1 is 1.00 bits per heavy atom. The molecule has 0 aliphatic rings. The van der Waals surface area contributed by atoms with Gasteiger partial charge in [0.05, 0.1) is 5.56 Å². The topological polar surface area (TPSA) is 52.6 Å². The molecule has 0 spiro atoms. The van der Waals surface area contributed by atoms with E-state index in [1.54, 1.807) is 55.5 Å². The first-order chi connectivity index (χ1) is 10.6. The number of ether oxygens (including phenoxy) is 2. The highest BCUT2D eigenvalue weighted by molar-refractivity contribution is 5.91. The summed E-state index contributed by atoms with van der Waals surface area (Å²) < 4.78 is 10.3. The first-order valence-corrected chi connectivity index (χ1v) is 6.75. The van der Waals surface area contributed by atoms with Gasteiger partial charge in [0, 0.05) is 5.57 Å². The maximum Gasteiger partial charge on any atom is 0.343 e. The maximum absolute atomic E-state index is 12.0. The van der Waals surface area contributed by atoms with Gasteiger partial charge in [-0.3, -0.25) is 0 Å². The van der Waals surface area contributed by atoms with Crippen LogP contribution in [0.3, 0.4) is 0 Å². The number of carbonyl (C=O) groups is 2.